The molecule has 0 aliphatic carbocycles. The zero-order valence-electron chi connectivity index (χ0n) is 28.5. The van der Waals surface area contributed by atoms with Crippen molar-refractivity contribution in [2.45, 2.75) is 0 Å². The Morgan fingerprint density at radius 1 is 0.321 bits per heavy atom. The van der Waals surface area contributed by atoms with Crippen LogP contribution in [-0.2, 0) is 0 Å². The van der Waals surface area contributed by atoms with Gasteiger partial charge in [-0.3, -0.25) is 0 Å². The van der Waals surface area contributed by atoms with Crippen LogP contribution in [0.2, 0.25) is 0 Å². The van der Waals surface area contributed by atoms with E-state index >= 15 is 0 Å². The standard InChI is InChI=1S/C49H29N3O/c1-2-13-30(14-3-1)43-29-44(51-49(50-43)33-25-26-38-36-19-5-4-17-34(36)35-18-6-7-20-37(35)42(38)28-33)31-15-12-16-32(27-31)46-39-21-8-9-22-40(39)48-47(52-46)41-23-10-11-24-45(41)53-48/h1-29H. The number of aromatic nitrogens is 3. The third-order valence-electron chi connectivity index (χ3n) is 10.4. The van der Waals surface area contributed by atoms with Crippen molar-refractivity contribution in [1.29, 1.82) is 0 Å². The van der Waals surface area contributed by atoms with Gasteiger partial charge in [-0.15, -0.1) is 0 Å². The minimum Gasteiger partial charge on any atom is -0.454 e. The molecule has 0 fully saturated rings. The van der Waals surface area contributed by atoms with E-state index in [0.29, 0.717) is 5.82 Å². The summed E-state index contributed by atoms with van der Waals surface area (Å²) in [4.78, 5) is 15.8. The molecular weight excluding hydrogens is 647 g/mol. The molecule has 0 spiro atoms. The number of hydrogen-bond donors (Lipinski definition) is 0. The second-order valence-electron chi connectivity index (χ2n) is 13.5. The summed E-state index contributed by atoms with van der Waals surface area (Å²) in [5, 5.41) is 10.5. The Morgan fingerprint density at radius 2 is 0.868 bits per heavy atom. The van der Waals surface area contributed by atoms with Crippen molar-refractivity contribution < 1.29 is 4.42 Å². The van der Waals surface area contributed by atoms with Crippen LogP contribution in [0.3, 0.4) is 0 Å². The van der Waals surface area contributed by atoms with Crippen molar-refractivity contribution in [3.63, 3.8) is 0 Å². The van der Waals surface area contributed by atoms with Crippen LogP contribution in [0.4, 0.5) is 0 Å². The summed E-state index contributed by atoms with van der Waals surface area (Å²) >= 11 is 0. The van der Waals surface area contributed by atoms with E-state index in [1.165, 1.54) is 32.3 Å². The Morgan fingerprint density at radius 3 is 1.60 bits per heavy atom. The number of rotatable bonds is 4. The summed E-state index contributed by atoms with van der Waals surface area (Å²) in [6.07, 6.45) is 0. The smallest absolute Gasteiger partial charge is 0.161 e. The van der Waals surface area contributed by atoms with Crippen molar-refractivity contribution in [2.75, 3.05) is 0 Å². The molecule has 53 heavy (non-hydrogen) atoms. The lowest BCUT2D eigenvalue weighted by atomic mass is 9.93. The van der Waals surface area contributed by atoms with Gasteiger partial charge in [0.15, 0.2) is 11.4 Å². The highest BCUT2D eigenvalue weighted by molar-refractivity contribution is 6.25. The number of pyridine rings is 1. The summed E-state index contributed by atoms with van der Waals surface area (Å²) < 4.78 is 6.35. The van der Waals surface area contributed by atoms with Crippen LogP contribution in [0.1, 0.15) is 0 Å². The number of furan rings is 1. The molecule has 4 heteroatoms. The lowest BCUT2D eigenvalue weighted by Crippen LogP contribution is -1.96. The molecule has 0 atom stereocenters. The SMILES string of the molecule is c1ccc(-c2cc(-c3cccc(-c4nc5c6ccccc6oc5c5ccccc45)c3)nc(-c3ccc4c5ccccc5c5ccccc5c4c3)n2)cc1. The minimum absolute atomic E-state index is 0.681. The predicted octanol–water partition coefficient (Wildman–Crippen LogP) is 13.1. The van der Waals surface area contributed by atoms with Gasteiger partial charge in [-0.2, -0.15) is 0 Å². The molecule has 0 unspecified atom stereocenters. The van der Waals surface area contributed by atoms with E-state index in [9.17, 15) is 0 Å². The zero-order valence-corrected chi connectivity index (χ0v) is 28.5. The fourth-order valence-corrected chi connectivity index (χ4v) is 7.96. The highest BCUT2D eigenvalue weighted by Gasteiger charge is 2.18. The first-order valence-electron chi connectivity index (χ1n) is 17.9. The molecule has 11 rings (SSSR count). The maximum atomic E-state index is 6.35. The molecule has 8 aromatic carbocycles. The van der Waals surface area contributed by atoms with Crippen LogP contribution >= 0.6 is 0 Å². The van der Waals surface area contributed by atoms with Crippen LogP contribution in [0.5, 0.6) is 0 Å². The second kappa shape index (κ2) is 11.7. The highest BCUT2D eigenvalue weighted by Crippen LogP contribution is 2.40. The number of fused-ring (bicyclic) bond motifs is 11. The van der Waals surface area contributed by atoms with Crippen LogP contribution in [0.15, 0.2) is 180 Å². The van der Waals surface area contributed by atoms with E-state index < -0.39 is 0 Å². The third kappa shape index (κ3) is 4.73. The van der Waals surface area contributed by atoms with Gasteiger partial charge in [0, 0.05) is 38.4 Å². The average molecular weight is 676 g/mol. The number of benzene rings is 8. The number of para-hydroxylation sites is 1. The van der Waals surface area contributed by atoms with Gasteiger partial charge < -0.3 is 4.42 Å². The first kappa shape index (κ1) is 29.5. The van der Waals surface area contributed by atoms with Crippen LogP contribution < -0.4 is 0 Å². The second-order valence-corrected chi connectivity index (χ2v) is 13.5. The Bertz CT molecular complexity index is 3200. The molecule has 0 bridgehead atoms. The van der Waals surface area contributed by atoms with E-state index in [1.54, 1.807) is 0 Å². The molecule has 3 heterocycles. The van der Waals surface area contributed by atoms with Gasteiger partial charge >= 0.3 is 0 Å². The maximum absolute atomic E-state index is 6.35. The van der Waals surface area contributed by atoms with Crippen molar-refractivity contribution >= 4 is 65.2 Å². The summed E-state index contributed by atoms with van der Waals surface area (Å²) in [6, 6.07) is 61.4. The Labute approximate surface area is 304 Å². The van der Waals surface area contributed by atoms with Gasteiger partial charge in [-0.25, -0.2) is 15.0 Å². The van der Waals surface area contributed by atoms with Gasteiger partial charge in [-0.1, -0.05) is 146 Å². The van der Waals surface area contributed by atoms with Gasteiger partial charge in [0.05, 0.1) is 17.1 Å². The number of nitrogens with zero attached hydrogens (tertiary/aromatic N) is 3. The van der Waals surface area contributed by atoms with Crippen LogP contribution in [0, 0.1) is 0 Å². The minimum atomic E-state index is 0.681. The normalized spacial score (nSPS) is 11.8. The molecule has 0 N–H and O–H groups in total. The van der Waals surface area contributed by atoms with E-state index in [0.717, 1.165) is 72.2 Å². The van der Waals surface area contributed by atoms with Crippen molar-refractivity contribution in [3.05, 3.63) is 176 Å². The molecule has 11 aromatic rings. The van der Waals surface area contributed by atoms with Crippen LogP contribution in [0.25, 0.3) is 110 Å². The molecular formula is C49H29N3O. The molecule has 0 saturated heterocycles. The largest absolute Gasteiger partial charge is 0.454 e. The average Bonchev–Trinajstić information content (AvgIpc) is 3.62. The first-order valence-corrected chi connectivity index (χ1v) is 17.9. The topological polar surface area (TPSA) is 51.8 Å². The van der Waals surface area contributed by atoms with E-state index in [4.69, 9.17) is 19.4 Å². The van der Waals surface area contributed by atoms with Gasteiger partial charge in [0.25, 0.3) is 0 Å². The van der Waals surface area contributed by atoms with E-state index in [1.807, 2.05) is 24.3 Å². The summed E-state index contributed by atoms with van der Waals surface area (Å²) in [5.74, 6) is 0.681. The molecule has 0 radical (unpaired) electrons. The van der Waals surface area contributed by atoms with E-state index in [2.05, 4.69) is 152 Å². The fraction of sp³-hybridized carbons (Fsp3) is 0. The van der Waals surface area contributed by atoms with Crippen molar-refractivity contribution in [1.82, 2.24) is 15.0 Å². The Balaban J connectivity index is 1.12. The Hall–Kier alpha value is -7.17. The lowest BCUT2D eigenvalue weighted by molar-refractivity contribution is 0.672. The summed E-state index contributed by atoms with van der Waals surface area (Å²) in [7, 11) is 0. The quantitative estimate of drug-likeness (QED) is 0.174. The van der Waals surface area contributed by atoms with Gasteiger partial charge in [0.1, 0.15) is 11.1 Å². The molecule has 0 aliphatic rings. The molecule has 4 nitrogen and oxygen atoms in total. The summed E-state index contributed by atoms with van der Waals surface area (Å²) in [6.45, 7) is 0. The third-order valence-corrected chi connectivity index (χ3v) is 10.4. The number of hydrogen-bond acceptors (Lipinski definition) is 4. The molecule has 246 valence electrons. The maximum Gasteiger partial charge on any atom is 0.161 e. The monoisotopic (exact) mass is 675 g/mol. The Kier molecular flexibility index (Phi) is 6.52. The van der Waals surface area contributed by atoms with E-state index in [-0.39, 0.29) is 0 Å². The lowest BCUT2D eigenvalue weighted by Gasteiger charge is -2.13. The van der Waals surface area contributed by atoms with Crippen molar-refractivity contribution in [2.24, 2.45) is 0 Å². The van der Waals surface area contributed by atoms with Gasteiger partial charge in [0.2, 0.25) is 0 Å². The van der Waals surface area contributed by atoms with Crippen molar-refractivity contribution in [3.8, 4) is 45.2 Å². The molecule has 0 saturated carbocycles. The predicted molar refractivity (Wildman–Crippen MR) is 219 cm³/mol. The zero-order chi connectivity index (χ0) is 34.9. The molecule has 0 aliphatic heterocycles. The fourth-order valence-electron chi connectivity index (χ4n) is 7.96. The first-order chi connectivity index (χ1) is 26.3. The summed E-state index contributed by atoms with van der Waals surface area (Å²) in [5.41, 5.74) is 9.15. The van der Waals surface area contributed by atoms with Gasteiger partial charge in [-0.05, 0) is 62.6 Å². The molecule has 3 aromatic heterocycles. The molecule has 0 amide bonds. The van der Waals surface area contributed by atoms with Crippen LogP contribution in [-0.4, -0.2) is 15.0 Å². The highest BCUT2D eigenvalue weighted by atomic mass is 16.3.